The van der Waals surface area contributed by atoms with Gasteiger partial charge in [0.1, 0.15) is 17.9 Å². The first kappa shape index (κ1) is 21.8. The number of esters is 1. The predicted molar refractivity (Wildman–Crippen MR) is 119 cm³/mol. The van der Waals surface area contributed by atoms with Crippen molar-refractivity contribution in [2.75, 3.05) is 24.3 Å². The maximum atomic E-state index is 12.7. The summed E-state index contributed by atoms with van der Waals surface area (Å²) in [7, 11) is 0. The Kier molecular flexibility index (Phi) is 6.98. The molecule has 166 valence electrons. The van der Waals surface area contributed by atoms with Crippen LogP contribution in [0.15, 0.2) is 48.5 Å². The van der Waals surface area contributed by atoms with Gasteiger partial charge in [-0.2, -0.15) is 15.0 Å². The molecule has 4 rings (SSSR count). The van der Waals surface area contributed by atoms with Gasteiger partial charge in [0.2, 0.25) is 11.9 Å². The number of nitrogens with one attached hydrogen (secondary N) is 1. The Bertz CT molecular complexity index is 1070. The van der Waals surface area contributed by atoms with Gasteiger partial charge in [0.25, 0.3) is 0 Å². The zero-order valence-electron chi connectivity index (χ0n) is 17.2. The van der Waals surface area contributed by atoms with E-state index in [9.17, 15) is 4.79 Å². The molecule has 0 bridgehead atoms. The lowest BCUT2D eigenvalue weighted by Gasteiger charge is -2.14. The van der Waals surface area contributed by atoms with Gasteiger partial charge in [0, 0.05) is 17.3 Å². The number of rotatable bonds is 8. The molecular formula is C22H22ClN5O4. The minimum absolute atomic E-state index is 0.00260. The van der Waals surface area contributed by atoms with Crippen LogP contribution in [-0.2, 0) is 16.1 Å². The van der Waals surface area contributed by atoms with Crippen LogP contribution in [0.3, 0.4) is 0 Å². The van der Waals surface area contributed by atoms with Gasteiger partial charge in [0.15, 0.2) is 12.4 Å². The summed E-state index contributed by atoms with van der Waals surface area (Å²) in [4.78, 5) is 25.0. The summed E-state index contributed by atoms with van der Waals surface area (Å²) in [6.07, 6.45) is 2.00. The average Bonchev–Trinajstić information content (AvgIpc) is 3.31. The molecule has 1 aliphatic heterocycles. The van der Waals surface area contributed by atoms with E-state index in [0.717, 1.165) is 25.1 Å². The van der Waals surface area contributed by atoms with Gasteiger partial charge in [-0.05, 0) is 49.2 Å². The predicted octanol–water partition coefficient (Wildman–Crippen LogP) is 3.77. The maximum absolute atomic E-state index is 12.7. The Labute approximate surface area is 189 Å². The fourth-order valence-electron chi connectivity index (χ4n) is 3.15. The zero-order chi connectivity index (χ0) is 22.3. The molecule has 2 aromatic carbocycles. The Morgan fingerprint density at radius 2 is 1.97 bits per heavy atom. The van der Waals surface area contributed by atoms with E-state index in [0.29, 0.717) is 22.9 Å². The van der Waals surface area contributed by atoms with Crippen molar-refractivity contribution in [1.29, 1.82) is 0 Å². The van der Waals surface area contributed by atoms with E-state index in [-0.39, 0.29) is 30.4 Å². The van der Waals surface area contributed by atoms with Crippen LogP contribution in [0.4, 0.5) is 17.6 Å². The first-order valence-electron chi connectivity index (χ1n) is 10.1. The van der Waals surface area contributed by atoms with Crippen LogP contribution in [-0.4, -0.2) is 40.2 Å². The van der Waals surface area contributed by atoms with Crippen LogP contribution in [0, 0.1) is 0 Å². The fourth-order valence-corrected chi connectivity index (χ4v) is 3.27. The molecule has 1 aliphatic rings. The van der Waals surface area contributed by atoms with Gasteiger partial charge in [0.05, 0.1) is 6.10 Å². The SMILES string of the molecule is Nc1nc(COC(=O)c2ccccc2OC[C@@H]2CCCO2)nc(Nc2ccc(Cl)cc2)n1. The molecule has 0 saturated carbocycles. The number of nitrogens with zero attached hydrogens (tertiary/aromatic N) is 3. The quantitative estimate of drug-likeness (QED) is 0.488. The number of nitrogen functional groups attached to an aromatic ring is 1. The molecule has 3 aromatic rings. The van der Waals surface area contributed by atoms with E-state index < -0.39 is 5.97 Å². The van der Waals surface area contributed by atoms with Crippen molar-refractivity contribution in [3.8, 4) is 5.75 Å². The number of para-hydroxylation sites is 1. The molecule has 10 heteroatoms. The van der Waals surface area contributed by atoms with Gasteiger partial charge in [-0.15, -0.1) is 0 Å². The van der Waals surface area contributed by atoms with Gasteiger partial charge in [-0.1, -0.05) is 23.7 Å². The number of nitrogens with two attached hydrogens (primary N) is 1. The molecule has 3 N–H and O–H groups in total. The Balaban J connectivity index is 1.39. The Hall–Kier alpha value is -3.43. The molecular weight excluding hydrogens is 434 g/mol. The lowest BCUT2D eigenvalue weighted by Crippen LogP contribution is -2.18. The highest BCUT2D eigenvalue weighted by molar-refractivity contribution is 6.30. The zero-order valence-corrected chi connectivity index (χ0v) is 17.9. The van der Waals surface area contributed by atoms with E-state index in [1.54, 1.807) is 48.5 Å². The summed E-state index contributed by atoms with van der Waals surface area (Å²) in [6, 6.07) is 13.9. The lowest BCUT2D eigenvalue weighted by atomic mass is 10.2. The van der Waals surface area contributed by atoms with Crippen LogP contribution < -0.4 is 15.8 Å². The smallest absolute Gasteiger partial charge is 0.342 e. The van der Waals surface area contributed by atoms with E-state index in [1.807, 2.05) is 0 Å². The molecule has 1 saturated heterocycles. The van der Waals surface area contributed by atoms with Gasteiger partial charge < -0.3 is 25.3 Å². The van der Waals surface area contributed by atoms with Crippen LogP contribution in [0.2, 0.25) is 5.02 Å². The summed E-state index contributed by atoms with van der Waals surface area (Å²) in [5, 5.41) is 3.62. The summed E-state index contributed by atoms with van der Waals surface area (Å²) in [6.45, 7) is 0.941. The van der Waals surface area contributed by atoms with Crippen molar-refractivity contribution in [2.45, 2.75) is 25.6 Å². The number of carbonyl (C=O) groups is 1. The second kappa shape index (κ2) is 10.3. The lowest BCUT2D eigenvalue weighted by molar-refractivity contribution is 0.0445. The van der Waals surface area contributed by atoms with Crippen molar-refractivity contribution in [3.05, 3.63) is 64.9 Å². The molecule has 2 heterocycles. The van der Waals surface area contributed by atoms with E-state index >= 15 is 0 Å². The summed E-state index contributed by atoms with van der Waals surface area (Å²) in [5.41, 5.74) is 6.82. The molecule has 1 aromatic heterocycles. The number of ether oxygens (including phenoxy) is 3. The minimum atomic E-state index is -0.556. The molecule has 0 unspecified atom stereocenters. The first-order chi connectivity index (χ1) is 15.6. The number of aromatic nitrogens is 3. The largest absolute Gasteiger partial charge is 0.490 e. The summed E-state index contributed by atoms with van der Waals surface area (Å²) in [5.74, 6) is 0.321. The highest BCUT2D eigenvalue weighted by atomic mass is 35.5. The van der Waals surface area contributed by atoms with Crippen LogP contribution in [0.25, 0.3) is 0 Å². The van der Waals surface area contributed by atoms with Gasteiger partial charge in [-0.3, -0.25) is 0 Å². The third kappa shape index (κ3) is 5.83. The highest BCUT2D eigenvalue weighted by Crippen LogP contribution is 2.22. The van der Waals surface area contributed by atoms with Gasteiger partial charge in [-0.25, -0.2) is 4.79 Å². The topological polar surface area (TPSA) is 121 Å². The summed E-state index contributed by atoms with van der Waals surface area (Å²) >= 11 is 5.90. The minimum Gasteiger partial charge on any atom is -0.490 e. The molecule has 32 heavy (non-hydrogen) atoms. The molecule has 0 aliphatic carbocycles. The third-order valence-electron chi connectivity index (χ3n) is 4.69. The molecule has 1 atom stereocenters. The number of carbonyl (C=O) groups excluding carboxylic acids is 1. The summed E-state index contributed by atoms with van der Waals surface area (Å²) < 4.78 is 16.8. The number of hydrogen-bond donors (Lipinski definition) is 2. The number of benzene rings is 2. The highest BCUT2D eigenvalue weighted by Gasteiger charge is 2.19. The van der Waals surface area contributed by atoms with E-state index in [4.69, 9.17) is 31.5 Å². The third-order valence-corrected chi connectivity index (χ3v) is 4.94. The van der Waals surface area contributed by atoms with E-state index in [2.05, 4.69) is 20.3 Å². The molecule has 1 fully saturated rings. The Morgan fingerprint density at radius 3 is 2.75 bits per heavy atom. The molecule has 9 nitrogen and oxygen atoms in total. The molecule has 0 amide bonds. The second-order valence-electron chi connectivity index (χ2n) is 7.08. The second-order valence-corrected chi connectivity index (χ2v) is 7.52. The van der Waals surface area contributed by atoms with Crippen LogP contribution >= 0.6 is 11.6 Å². The molecule has 0 spiro atoms. The number of hydrogen-bond acceptors (Lipinski definition) is 9. The number of anilines is 3. The standard InChI is InChI=1S/C22H22ClN5O4/c23-14-7-9-15(10-8-14)25-22-27-19(26-21(24)28-22)13-32-20(29)17-5-1-2-6-18(17)31-12-16-4-3-11-30-16/h1-2,5-10,16H,3-4,11-13H2,(H3,24,25,26,27,28)/t16-/m0/s1. The maximum Gasteiger partial charge on any atom is 0.342 e. The van der Waals surface area contributed by atoms with E-state index in [1.165, 1.54) is 0 Å². The van der Waals surface area contributed by atoms with Crippen molar-refractivity contribution >= 4 is 35.2 Å². The van der Waals surface area contributed by atoms with Crippen LogP contribution in [0.1, 0.15) is 29.0 Å². The normalized spacial score (nSPS) is 15.3. The molecule has 0 radical (unpaired) electrons. The van der Waals surface area contributed by atoms with Crippen molar-refractivity contribution in [1.82, 2.24) is 15.0 Å². The van der Waals surface area contributed by atoms with Crippen molar-refractivity contribution in [2.24, 2.45) is 0 Å². The fraction of sp³-hybridized carbons (Fsp3) is 0.273. The average molecular weight is 456 g/mol. The monoisotopic (exact) mass is 455 g/mol. The van der Waals surface area contributed by atoms with Crippen molar-refractivity contribution < 1.29 is 19.0 Å². The van der Waals surface area contributed by atoms with Gasteiger partial charge >= 0.3 is 5.97 Å². The van der Waals surface area contributed by atoms with Crippen molar-refractivity contribution in [3.63, 3.8) is 0 Å². The van der Waals surface area contributed by atoms with Crippen LogP contribution in [0.5, 0.6) is 5.75 Å². The first-order valence-corrected chi connectivity index (χ1v) is 10.5. The Morgan fingerprint density at radius 1 is 1.16 bits per heavy atom. The number of halogens is 1.